The van der Waals surface area contributed by atoms with Gasteiger partial charge < -0.3 is 14.6 Å². The molecule has 0 saturated heterocycles. The number of aliphatic hydroxyl groups excluding tert-OH is 1. The van der Waals surface area contributed by atoms with E-state index in [9.17, 15) is 9.59 Å². The maximum atomic E-state index is 11.4. The summed E-state index contributed by atoms with van der Waals surface area (Å²) in [6.07, 6.45) is 0.617. The molecule has 0 atom stereocenters. The molecule has 0 unspecified atom stereocenters. The normalized spacial score (nSPS) is 19.6. The molecule has 5 heteroatoms. The molecule has 0 bridgehead atoms. The molecule has 0 aliphatic heterocycles. The van der Waals surface area contributed by atoms with Gasteiger partial charge in [-0.15, -0.1) is 0 Å². The standard InChI is InChI=1S/C9H14O5/c1-13-7(11)9(8(12)14-2)3-6(4-9)5-10/h6,10H,3-5H2,1-2H3. The average Bonchev–Trinajstić information content (AvgIpc) is 2.15. The van der Waals surface area contributed by atoms with Gasteiger partial charge in [-0.25, -0.2) is 0 Å². The summed E-state index contributed by atoms with van der Waals surface area (Å²) in [7, 11) is 2.47. The van der Waals surface area contributed by atoms with E-state index in [0.717, 1.165) is 0 Å². The predicted molar refractivity (Wildman–Crippen MR) is 46.3 cm³/mol. The maximum Gasteiger partial charge on any atom is 0.323 e. The average molecular weight is 202 g/mol. The molecule has 14 heavy (non-hydrogen) atoms. The minimum atomic E-state index is -1.17. The molecule has 1 N–H and O–H groups in total. The van der Waals surface area contributed by atoms with Gasteiger partial charge in [0.2, 0.25) is 0 Å². The van der Waals surface area contributed by atoms with Crippen molar-refractivity contribution in [3.8, 4) is 0 Å². The van der Waals surface area contributed by atoms with Crippen molar-refractivity contribution >= 4 is 11.9 Å². The Bertz CT molecular complexity index is 224. The molecule has 5 nitrogen and oxygen atoms in total. The molecule has 0 heterocycles. The van der Waals surface area contributed by atoms with E-state index in [1.807, 2.05) is 0 Å². The molecule has 0 spiro atoms. The van der Waals surface area contributed by atoms with Crippen LogP contribution in [-0.2, 0) is 19.1 Å². The Labute approximate surface area is 82.0 Å². The maximum absolute atomic E-state index is 11.4. The monoisotopic (exact) mass is 202 g/mol. The van der Waals surface area contributed by atoms with E-state index in [2.05, 4.69) is 9.47 Å². The van der Waals surface area contributed by atoms with Crippen LogP contribution in [0.25, 0.3) is 0 Å². The minimum absolute atomic E-state index is 0.00630. The van der Waals surface area contributed by atoms with Crippen molar-refractivity contribution in [3.63, 3.8) is 0 Å². The highest BCUT2D eigenvalue weighted by Gasteiger charge is 2.57. The fraction of sp³-hybridized carbons (Fsp3) is 0.778. The van der Waals surface area contributed by atoms with Crippen molar-refractivity contribution in [3.05, 3.63) is 0 Å². The number of hydrogen-bond acceptors (Lipinski definition) is 5. The third kappa shape index (κ3) is 1.48. The third-order valence-electron chi connectivity index (χ3n) is 2.68. The summed E-state index contributed by atoms with van der Waals surface area (Å²) < 4.78 is 9.10. The highest BCUT2D eigenvalue weighted by molar-refractivity contribution is 6.01. The van der Waals surface area contributed by atoms with Crippen LogP contribution in [0.15, 0.2) is 0 Å². The summed E-state index contributed by atoms with van der Waals surface area (Å²) in [5, 5.41) is 8.82. The molecule has 0 radical (unpaired) electrons. The number of ether oxygens (including phenoxy) is 2. The zero-order valence-electron chi connectivity index (χ0n) is 8.28. The Balaban J connectivity index is 2.74. The Hall–Kier alpha value is -1.10. The lowest BCUT2D eigenvalue weighted by molar-refractivity contribution is -0.181. The SMILES string of the molecule is COC(=O)C1(C(=O)OC)CC(CO)C1. The van der Waals surface area contributed by atoms with Crippen LogP contribution < -0.4 is 0 Å². The van der Waals surface area contributed by atoms with E-state index in [1.54, 1.807) is 0 Å². The third-order valence-corrected chi connectivity index (χ3v) is 2.68. The van der Waals surface area contributed by atoms with Crippen LogP contribution >= 0.6 is 0 Å². The van der Waals surface area contributed by atoms with Crippen LogP contribution in [0.1, 0.15) is 12.8 Å². The number of carbonyl (C=O) groups is 2. The van der Waals surface area contributed by atoms with Crippen molar-refractivity contribution in [1.82, 2.24) is 0 Å². The highest BCUT2D eigenvalue weighted by atomic mass is 16.5. The highest BCUT2D eigenvalue weighted by Crippen LogP contribution is 2.47. The first-order valence-corrected chi connectivity index (χ1v) is 4.38. The van der Waals surface area contributed by atoms with Crippen molar-refractivity contribution < 1.29 is 24.2 Å². The number of carbonyl (C=O) groups excluding carboxylic acids is 2. The number of esters is 2. The predicted octanol–water partition coefficient (Wildman–Crippen LogP) is -0.279. The van der Waals surface area contributed by atoms with E-state index >= 15 is 0 Å². The Morgan fingerprint density at radius 2 is 1.71 bits per heavy atom. The summed E-state index contributed by atoms with van der Waals surface area (Å²) in [5.74, 6) is -1.16. The number of aliphatic hydroxyl groups is 1. The lowest BCUT2D eigenvalue weighted by Gasteiger charge is -2.41. The fourth-order valence-electron chi connectivity index (χ4n) is 1.86. The number of rotatable bonds is 3. The Morgan fingerprint density at radius 3 is 2.00 bits per heavy atom. The summed E-state index contributed by atoms with van der Waals surface area (Å²) in [6.45, 7) is -0.0181. The molecule has 0 aromatic carbocycles. The molecule has 1 rings (SSSR count). The van der Waals surface area contributed by atoms with Gasteiger partial charge in [-0.1, -0.05) is 0 Å². The van der Waals surface area contributed by atoms with E-state index in [-0.39, 0.29) is 12.5 Å². The van der Waals surface area contributed by atoms with Crippen LogP contribution in [0, 0.1) is 11.3 Å². The molecule has 80 valence electrons. The van der Waals surface area contributed by atoms with Gasteiger partial charge in [0, 0.05) is 6.61 Å². The lowest BCUT2D eigenvalue weighted by Crippen LogP contribution is -2.52. The van der Waals surface area contributed by atoms with Crippen LogP contribution in [0.5, 0.6) is 0 Å². The summed E-state index contributed by atoms with van der Waals surface area (Å²) in [6, 6.07) is 0. The zero-order chi connectivity index (χ0) is 10.8. The lowest BCUT2D eigenvalue weighted by atomic mass is 9.62. The van der Waals surface area contributed by atoms with Gasteiger partial charge in [-0.05, 0) is 18.8 Å². The summed E-state index contributed by atoms with van der Waals surface area (Å²) >= 11 is 0. The van der Waals surface area contributed by atoms with E-state index in [0.29, 0.717) is 12.8 Å². The molecule has 1 saturated carbocycles. The van der Waals surface area contributed by atoms with Gasteiger partial charge >= 0.3 is 11.9 Å². The Kier molecular flexibility index (Phi) is 3.10. The summed E-state index contributed by atoms with van der Waals surface area (Å²) in [4.78, 5) is 22.7. The fourth-order valence-corrected chi connectivity index (χ4v) is 1.86. The molecule has 1 fully saturated rings. The summed E-state index contributed by atoms with van der Waals surface area (Å²) in [5.41, 5.74) is -1.17. The molecular formula is C9H14O5. The van der Waals surface area contributed by atoms with Crippen molar-refractivity contribution in [1.29, 1.82) is 0 Å². The minimum Gasteiger partial charge on any atom is -0.468 e. The second kappa shape index (κ2) is 3.96. The molecule has 0 amide bonds. The number of hydrogen-bond donors (Lipinski definition) is 1. The van der Waals surface area contributed by atoms with Gasteiger partial charge in [-0.3, -0.25) is 9.59 Å². The van der Waals surface area contributed by atoms with E-state index in [1.165, 1.54) is 14.2 Å². The van der Waals surface area contributed by atoms with Crippen molar-refractivity contribution in [2.75, 3.05) is 20.8 Å². The largest absolute Gasteiger partial charge is 0.468 e. The van der Waals surface area contributed by atoms with Gasteiger partial charge in [-0.2, -0.15) is 0 Å². The van der Waals surface area contributed by atoms with E-state index in [4.69, 9.17) is 5.11 Å². The van der Waals surface area contributed by atoms with Crippen LogP contribution in [-0.4, -0.2) is 37.9 Å². The van der Waals surface area contributed by atoms with Gasteiger partial charge in [0.15, 0.2) is 5.41 Å². The van der Waals surface area contributed by atoms with Crippen molar-refractivity contribution in [2.45, 2.75) is 12.8 Å². The Morgan fingerprint density at radius 1 is 1.29 bits per heavy atom. The molecule has 0 aromatic rings. The molecule has 0 aromatic heterocycles. The van der Waals surface area contributed by atoms with Crippen LogP contribution in [0.4, 0.5) is 0 Å². The first-order valence-electron chi connectivity index (χ1n) is 4.38. The van der Waals surface area contributed by atoms with Gasteiger partial charge in [0.25, 0.3) is 0 Å². The molecule has 1 aliphatic carbocycles. The van der Waals surface area contributed by atoms with Crippen LogP contribution in [0.3, 0.4) is 0 Å². The smallest absolute Gasteiger partial charge is 0.323 e. The van der Waals surface area contributed by atoms with Gasteiger partial charge in [0.05, 0.1) is 14.2 Å². The topological polar surface area (TPSA) is 72.8 Å². The molecular weight excluding hydrogens is 188 g/mol. The van der Waals surface area contributed by atoms with Gasteiger partial charge in [0.1, 0.15) is 0 Å². The van der Waals surface area contributed by atoms with Crippen LogP contribution in [0.2, 0.25) is 0 Å². The quantitative estimate of drug-likeness (QED) is 0.503. The first kappa shape index (κ1) is 11.0. The number of methoxy groups -OCH3 is 2. The van der Waals surface area contributed by atoms with E-state index < -0.39 is 17.4 Å². The van der Waals surface area contributed by atoms with Crippen molar-refractivity contribution in [2.24, 2.45) is 11.3 Å². The molecule has 1 aliphatic rings. The second-order valence-electron chi connectivity index (χ2n) is 3.52. The second-order valence-corrected chi connectivity index (χ2v) is 3.52. The first-order chi connectivity index (χ1) is 6.60. The zero-order valence-corrected chi connectivity index (χ0v) is 8.28.